The highest BCUT2D eigenvalue weighted by Crippen LogP contribution is 2.34. The van der Waals surface area contributed by atoms with Gasteiger partial charge in [-0.1, -0.05) is 66.6 Å². The van der Waals surface area contributed by atoms with Crippen LogP contribution in [0.25, 0.3) is 5.70 Å². The van der Waals surface area contributed by atoms with Crippen LogP contribution in [0.3, 0.4) is 0 Å². The summed E-state index contributed by atoms with van der Waals surface area (Å²) in [6.07, 6.45) is 14.4. The van der Waals surface area contributed by atoms with E-state index in [-0.39, 0.29) is 0 Å². The molecule has 0 aliphatic rings. The molecule has 0 unspecified atom stereocenters. The number of benzene rings is 2. The van der Waals surface area contributed by atoms with E-state index in [9.17, 15) is 0 Å². The van der Waals surface area contributed by atoms with Crippen LogP contribution in [0.15, 0.2) is 94.8 Å². The zero-order valence-corrected chi connectivity index (χ0v) is 24.6. The maximum Gasteiger partial charge on any atom is 0.107 e. The minimum atomic E-state index is 0.523. The van der Waals surface area contributed by atoms with Crippen molar-refractivity contribution >= 4 is 46.0 Å². The molecule has 0 aliphatic heterocycles. The van der Waals surface area contributed by atoms with Gasteiger partial charge in [-0.05, 0) is 67.9 Å². The third-order valence-corrected chi connectivity index (χ3v) is 6.12. The molecule has 0 aromatic heterocycles. The molecular weight excluding hydrogens is 513 g/mol. The van der Waals surface area contributed by atoms with Crippen LogP contribution >= 0.6 is 23.2 Å². The van der Waals surface area contributed by atoms with Gasteiger partial charge in [0.25, 0.3) is 0 Å². The van der Waals surface area contributed by atoms with Crippen LogP contribution in [-0.2, 0) is 0 Å². The number of azo groups is 1. The quantitative estimate of drug-likeness (QED) is 0.176. The Kier molecular flexibility index (Phi) is 14.4. The first-order valence-corrected chi connectivity index (χ1v) is 12.7. The zero-order chi connectivity index (χ0) is 28.7. The predicted molar refractivity (Wildman–Crippen MR) is 169 cm³/mol. The van der Waals surface area contributed by atoms with E-state index in [1.54, 1.807) is 25.4 Å². The molecule has 0 saturated heterocycles. The van der Waals surface area contributed by atoms with E-state index >= 15 is 0 Å². The van der Waals surface area contributed by atoms with Crippen LogP contribution in [0.1, 0.15) is 23.6 Å². The van der Waals surface area contributed by atoms with E-state index < -0.39 is 0 Å². The average molecular weight is 551 g/mol. The van der Waals surface area contributed by atoms with E-state index in [0.29, 0.717) is 22.3 Å². The Morgan fingerprint density at radius 3 is 2.42 bits per heavy atom. The van der Waals surface area contributed by atoms with Crippen LogP contribution in [-0.4, -0.2) is 32.6 Å². The second kappa shape index (κ2) is 16.9. The number of aryl methyl sites for hydroxylation is 2. The van der Waals surface area contributed by atoms with Gasteiger partial charge in [0, 0.05) is 44.4 Å². The summed E-state index contributed by atoms with van der Waals surface area (Å²) in [6, 6.07) is 10.0. The van der Waals surface area contributed by atoms with Crippen LogP contribution in [0.4, 0.5) is 17.1 Å². The fourth-order valence-corrected chi connectivity index (χ4v) is 4.01. The number of nitrogens with one attached hydrogen (secondary N) is 2. The lowest BCUT2D eigenvalue weighted by atomic mass is 10.0. The van der Waals surface area contributed by atoms with Crippen molar-refractivity contribution in [1.82, 2.24) is 4.90 Å². The third-order valence-electron chi connectivity index (χ3n) is 5.37. The summed E-state index contributed by atoms with van der Waals surface area (Å²) in [5, 5.41) is 15.2. The first kappa shape index (κ1) is 32.3. The van der Waals surface area contributed by atoms with Crippen molar-refractivity contribution in [3.8, 4) is 12.3 Å². The van der Waals surface area contributed by atoms with Gasteiger partial charge in [0.05, 0.1) is 22.1 Å². The number of terminal acetylenes is 1. The Bertz CT molecular complexity index is 1260. The largest absolute Gasteiger partial charge is 0.386 e. The number of rotatable bonds is 10. The van der Waals surface area contributed by atoms with E-state index in [2.05, 4.69) is 59.0 Å². The Balaban J connectivity index is 0.000000499. The van der Waals surface area contributed by atoms with E-state index in [0.717, 1.165) is 33.8 Å². The Hall–Kier alpha value is -3.72. The van der Waals surface area contributed by atoms with Crippen molar-refractivity contribution in [2.45, 2.75) is 20.8 Å². The van der Waals surface area contributed by atoms with E-state index in [1.165, 1.54) is 5.56 Å². The molecule has 200 valence electrons. The van der Waals surface area contributed by atoms with E-state index in [1.807, 2.05) is 63.2 Å². The molecule has 0 aliphatic carbocycles. The molecule has 0 saturated carbocycles. The molecule has 0 amide bonds. The topological polar surface area (TPSA) is 52.0 Å². The Morgan fingerprint density at radius 2 is 1.89 bits per heavy atom. The van der Waals surface area contributed by atoms with Gasteiger partial charge in [-0.15, -0.1) is 6.42 Å². The van der Waals surface area contributed by atoms with Crippen molar-refractivity contribution in [2.75, 3.05) is 38.3 Å². The number of allylic oxidation sites excluding steroid dienone is 4. The molecule has 0 spiro atoms. The highest BCUT2D eigenvalue weighted by Gasteiger charge is 2.14. The molecule has 5 nitrogen and oxygen atoms in total. The number of anilines is 2. The Morgan fingerprint density at radius 1 is 1.18 bits per heavy atom. The van der Waals surface area contributed by atoms with Gasteiger partial charge in [0.15, 0.2) is 0 Å². The van der Waals surface area contributed by atoms with Crippen molar-refractivity contribution in [3.63, 3.8) is 0 Å². The normalized spacial score (nSPS) is 11.8. The maximum absolute atomic E-state index is 6.38. The van der Waals surface area contributed by atoms with Gasteiger partial charge in [-0.25, -0.2) is 0 Å². The lowest BCUT2D eigenvalue weighted by molar-refractivity contribution is 0.526. The highest BCUT2D eigenvalue weighted by molar-refractivity contribution is 6.33. The molecule has 2 aromatic carbocycles. The second-order valence-corrected chi connectivity index (χ2v) is 9.00. The highest BCUT2D eigenvalue weighted by atomic mass is 35.5. The average Bonchev–Trinajstić information content (AvgIpc) is 2.89. The van der Waals surface area contributed by atoms with Crippen LogP contribution in [0.2, 0.25) is 5.02 Å². The fraction of sp³-hybridized carbons (Fsp3) is 0.226. The van der Waals surface area contributed by atoms with Gasteiger partial charge >= 0.3 is 0 Å². The summed E-state index contributed by atoms with van der Waals surface area (Å²) in [5.74, 6) is 2.60. The molecule has 0 bridgehead atoms. The maximum atomic E-state index is 6.38. The predicted octanol–water partition coefficient (Wildman–Crippen LogP) is 9.11. The van der Waals surface area contributed by atoms with Crippen molar-refractivity contribution in [2.24, 2.45) is 10.2 Å². The number of nitrogens with zero attached hydrogens (tertiary/aromatic N) is 3. The standard InChI is InChI=1S/C21H23Cl2N3.C10H14N2/c1-7-10-16(18(22)9-3)14-26(6)20(11-8-2)17-12-15(4)21(25-24-5)19(23)13-17;1-4-12-9-6-5-8(2)7-10(9)11-3/h2,7,9-13H,1,14H2,3-6H3;4-7,11-12H,1H2,2-3H3/b16-10-,18-9+,20-11-,25-24?;. The SMILES string of the molecule is C#C/C=C(/c1cc(C)c(N=NC)c(Cl)c1)N(C)CC(=C/C=C)/C(Cl)=C\C.C=CNc1ccc(C)cc1NC. The van der Waals surface area contributed by atoms with Crippen molar-refractivity contribution < 1.29 is 0 Å². The first-order valence-electron chi connectivity index (χ1n) is 11.9. The number of halogens is 2. The summed E-state index contributed by atoms with van der Waals surface area (Å²) in [6.45, 7) is 13.8. The molecular formula is C31H37Cl2N5. The molecule has 38 heavy (non-hydrogen) atoms. The van der Waals surface area contributed by atoms with Crippen LogP contribution < -0.4 is 10.6 Å². The molecule has 2 N–H and O–H groups in total. The summed E-state index contributed by atoms with van der Waals surface area (Å²) >= 11 is 12.7. The van der Waals surface area contributed by atoms with Gasteiger partial charge in [0.1, 0.15) is 5.69 Å². The van der Waals surface area contributed by atoms with Gasteiger partial charge in [0.2, 0.25) is 0 Å². The summed E-state index contributed by atoms with van der Waals surface area (Å²) < 4.78 is 0. The lowest BCUT2D eigenvalue weighted by Crippen LogP contribution is -2.20. The number of hydrogen-bond donors (Lipinski definition) is 2. The Labute approximate surface area is 238 Å². The monoisotopic (exact) mass is 549 g/mol. The van der Waals surface area contributed by atoms with Crippen molar-refractivity contribution in [3.05, 3.63) is 106 Å². The minimum absolute atomic E-state index is 0.523. The van der Waals surface area contributed by atoms with Crippen LogP contribution in [0, 0.1) is 26.2 Å². The van der Waals surface area contributed by atoms with Gasteiger partial charge in [-0.3, -0.25) is 0 Å². The van der Waals surface area contributed by atoms with Gasteiger partial charge in [-0.2, -0.15) is 10.2 Å². The van der Waals surface area contributed by atoms with Crippen LogP contribution in [0.5, 0.6) is 0 Å². The fourth-order valence-electron chi connectivity index (χ4n) is 3.58. The smallest absolute Gasteiger partial charge is 0.107 e. The lowest BCUT2D eigenvalue weighted by Gasteiger charge is -2.24. The van der Waals surface area contributed by atoms with E-state index in [4.69, 9.17) is 29.6 Å². The molecule has 0 heterocycles. The molecule has 2 rings (SSSR count). The van der Waals surface area contributed by atoms with Crippen molar-refractivity contribution in [1.29, 1.82) is 0 Å². The number of likely N-dealkylation sites (N-methyl/N-ethyl adjacent to an activating group) is 1. The zero-order valence-electron chi connectivity index (χ0n) is 23.1. The molecule has 7 heteroatoms. The summed E-state index contributed by atoms with van der Waals surface area (Å²) in [5.41, 5.74) is 7.66. The first-order chi connectivity index (χ1) is 18.2. The second-order valence-electron chi connectivity index (χ2n) is 8.19. The molecule has 0 fully saturated rings. The number of hydrogen-bond acceptors (Lipinski definition) is 5. The summed E-state index contributed by atoms with van der Waals surface area (Å²) in [7, 11) is 5.46. The molecule has 0 atom stereocenters. The van der Waals surface area contributed by atoms with Gasteiger partial charge < -0.3 is 15.5 Å². The molecule has 0 radical (unpaired) electrons. The summed E-state index contributed by atoms with van der Waals surface area (Å²) in [4.78, 5) is 2.02. The minimum Gasteiger partial charge on any atom is -0.386 e. The molecule has 2 aromatic rings. The third kappa shape index (κ3) is 9.63.